The first-order chi connectivity index (χ1) is 8.67. The van der Waals surface area contributed by atoms with Crippen LogP contribution in [0, 0.1) is 5.92 Å². The fourth-order valence-electron chi connectivity index (χ4n) is 2.42. The van der Waals surface area contributed by atoms with Gasteiger partial charge in [-0.3, -0.25) is 4.68 Å². The van der Waals surface area contributed by atoms with Crippen LogP contribution in [-0.4, -0.2) is 28.4 Å². The number of halogens is 2. The summed E-state index contributed by atoms with van der Waals surface area (Å²) in [5.41, 5.74) is 2.39. The summed E-state index contributed by atoms with van der Waals surface area (Å²) in [6, 6.07) is 0. The van der Waals surface area contributed by atoms with Gasteiger partial charge in [0.1, 0.15) is 0 Å². The molecule has 0 aliphatic carbocycles. The quantitative estimate of drug-likeness (QED) is 0.788. The van der Waals surface area contributed by atoms with Gasteiger partial charge in [-0.05, 0) is 42.1 Å². The number of nitrogens with zero attached hydrogens (tertiary/aromatic N) is 2. The first kappa shape index (κ1) is 14.4. The first-order valence-electron chi connectivity index (χ1n) is 6.63. The zero-order valence-corrected chi connectivity index (χ0v) is 13.3. The van der Waals surface area contributed by atoms with E-state index in [1.807, 2.05) is 0 Å². The molecular formula is C13H20BrClN2O. The van der Waals surface area contributed by atoms with Crippen LogP contribution in [0.2, 0.25) is 0 Å². The average molecular weight is 336 g/mol. The number of aromatic nitrogens is 2. The van der Waals surface area contributed by atoms with E-state index in [0.717, 1.165) is 49.2 Å². The molecule has 1 fully saturated rings. The standard InChI is InChI=1S/C13H20BrClN2O/c1-3-11-13(14)12(17(4-2)16-11)7-9-8-18-6-5-10(9)15/h9-10H,3-8H2,1-2H3. The lowest BCUT2D eigenvalue weighted by Crippen LogP contribution is -2.30. The smallest absolute Gasteiger partial charge is 0.0766 e. The fourth-order valence-corrected chi connectivity index (χ4v) is 3.40. The van der Waals surface area contributed by atoms with Crippen LogP contribution < -0.4 is 0 Å². The van der Waals surface area contributed by atoms with Gasteiger partial charge in [-0.2, -0.15) is 5.10 Å². The summed E-state index contributed by atoms with van der Waals surface area (Å²) in [5, 5.41) is 4.84. The maximum absolute atomic E-state index is 6.40. The van der Waals surface area contributed by atoms with Crippen LogP contribution in [0.4, 0.5) is 0 Å². The number of hydrogen-bond donors (Lipinski definition) is 0. The minimum absolute atomic E-state index is 0.218. The van der Waals surface area contributed by atoms with Crippen molar-refractivity contribution >= 4 is 27.5 Å². The normalized spacial score (nSPS) is 24.4. The Morgan fingerprint density at radius 2 is 2.28 bits per heavy atom. The monoisotopic (exact) mass is 334 g/mol. The molecule has 0 bridgehead atoms. The predicted octanol–water partition coefficient (Wildman–Crippen LogP) is 3.41. The molecule has 0 spiro atoms. The molecule has 3 nitrogen and oxygen atoms in total. The maximum atomic E-state index is 6.40. The molecule has 1 aliphatic heterocycles. The second-order valence-electron chi connectivity index (χ2n) is 4.72. The lowest BCUT2D eigenvalue weighted by molar-refractivity contribution is 0.0570. The lowest BCUT2D eigenvalue weighted by atomic mass is 9.96. The molecule has 0 amide bonds. The average Bonchev–Trinajstić information content (AvgIpc) is 2.69. The molecule has 0 N–H and O–H groups in total. The van der Waals surface area contributed by atoms with Gasteiger partial charge in [-0.1, -0.05) is 6.92 Å². The molecular weight excluding hydrogens is 316 g/mol. The molecule has 0 saturated carbocycles. The summed E-state index contributed by atoms with van der Waals surface area (Å²) in [4.78, 5) is 0. The zero-order chi connectivity index (χ0) is 13.1. The van der Waals surface area contributed by atoms with E-state index in [4.69, 9.17) is 16.3 Å². The van der Waals surface area contributed by atoms with Crippen LogP contribution in [0.1, 0.15) is 31.7 Å². The van der Waals surface area contributed by atoms with Crippen molar-refractivity contribution in [3.05, 3.63) is 15.9 Å². The second kappa shape index (κ2) is 6.40. The minimum atomic E-state index is 0.218. The second-order valence-corrected chi connectivity index (χ2v) is 6.07. The molecule has 2 unspecified atom stereocenters. The van der Waals surface area contributed by atoms with Gasteiger partial charge < -0.3 is 4.74 Å². The highest BCUT2D eigenvalue weighted by atomic mass is 79.9. The molecule has 2 atom stereocenters. The Balaban J connectivity index is 2.19. The van der Waals surface area contributed by atoms with E-state index in [1.54, 1.807) is 0 Å². The summed E-state index contributed by atoms with van der Waals surface area (Å²) in [5.74, 6) is 0.392. The van der Waals surface area contributed by atoms with Gasteiger partial charge in [0, 0.05) is 24.4 Å². The van der Waals surface area contributed by atoms with E-state index >= 15 is 0 Å². The van der Waals surface area contributed by atoms with E-state index in [1.165, 1.54) is 5.69 Å². The van der Waals surface area contributed by atoms with E-state index in [9.17, 15) is 0 Å². The summed E-state index contributed by atoms with van der Waals surface area (Å²) < 4.78 is 8.78. The Kier molecular flexibility index (Phi) is 5.10. The first-order valence-corrected chi connectivity index (χ1v) is 7.86. The van der Waals surface area contributed by atoms with Gasteiger partial charge in [0.25, 0.3) is 0 Å². The van der Waals surface area contributed by atoms with Crippen molar-refractivity contribution in [3.8, 4) is 0 Å². The minimum Gasteiger partial charge on any atom is -0.381 e. The molecule has 5 heteroatoms. The Hall–Kier alpha value is -0.0600. The van der Waals surface area contributed by atoms with Crippen molar-refractivity contribution in [2.24, 2.45) is 5.92 Å². The molecule has 1 aromatic rings. The number of alkyl halides is 1. The highest BCUT2D eigenvalue weighted by molar-refractivity contribution is 9.10. The SMILES string of the molecule is CCc1nn(CC)c(CC2COCCC2Cl)c1Br. The zero-order valence-electron chi connectivity index (χ0n) is 11.0. The Bertz CT molecular complexity index is 408. The molecule has 0 radical (unpaired) electrons. The van der Waals surface area contributed by atoms with Gasteiger partial charge in [0.15, 0.2) is 0 Å². The number of aryl methyl sites for hydroxylation is 2. The van der Waals surface area contributed by atoms with Crippen LogP contribution in [0.5, 0.6) is 0 Å². The van der Waals surface area contributed by atoms with Crippen LogP contribution in [0.15, 0.2) is 4.47 Å². The molecule has 0 aromatic carbocycles. The van der Waals surface area contributed by atoms with Crippen molar-refractivity contribution in [2.75, 3.05) is 13.2 Å². The van der Waals surface area contributed by atoms with Gasteiger partial charge >= 0.3 is 0 Å². The van der Waals surface area contributed by atoms with E-state index in [2.05, 4.69) is 39.6 Å². The third-order valence-corrected chi connectivity index (χ3v) is 5.02. The summed E-state index contributed by atoms with van der Waals surface area (Å²) in [6.07, 6.45) is 2.84. The Morgan fingerprint density at radius 3 is 2.89 bits per heavy atom. The molecule has 1 saturated heterocycles. The fraction of sp³-hybridized carbons (Fsp3) is 0.769. The third kappa shape index (κ3) is 2.91. The number of hydrogen-bond acceptors (Lipinski definition) is 2. The highest BCUT2D eigenvalue weighted by Gasteiger charge is 2.27. The van der Waals surface area contributed by atoms with E-state index < -0.39 is 0 Å². The van der Waals surface area contributed by atoms with Crippen LogP contribution in [0.3, 0.4) is 0 Å². The number of rotatable bonds is 4. The molecule has 1 aliphatic rings. The molecule has 1 aromatic heterocycles. The summed E-state index contributed by atoms with van der Waals surface area (Å²) in [6.45, 7) is 6.70. The predicted molar refractivity (Wildman–Crippen MR) is 77.3 cm³/mol. The van der Waals surface area contributed by atoms with Gasteiger partial charge in [-0.15, -0.1) is 11.6 Å². The topological polar surface area (TPSA) is 27.1 Å². The van der Waals surface area contributed by atoms with Crippen LogP contribution >= 0.6 is 27.5 Å². The molecule has 2 heterocycles. The maximum Gasteiger partial charge on any atom is 0.0766 e. The number of ether oxygens (including phenoxy) is 1. The van der Waals surface area contributed by atoms with Crippen molar-refractivity contribution in [1.82, 2.24) is 9.78 Å². The van der Waals surface area contributed by atoms with E-state index in [0.29, 0.717) is 5.92 Å². The molecule has 18 heavy (non-hydrogen) atoms. The Labute approximate surface area is 122 Å². The van der Waals surface area contributed by atoms with Crippen LogP contribution in [0.25, 0.3) is 0 Å². The van der Waals surface area contributed by atoms with Crippen LogP contribution in [-0.2, 0) is 24.1 Å². The van der Waals surface area contributed by atoms with E-state index in [-0.39, 0.29) is 5.38 Å². The highest BCUT2D eigenvalue weighted by Crippen LogP contribution is 2.29. The van der Waals surface area contributed by atoms with Gasteiger partial charge in [0.2, 0.25) is 0 Å². The van der Waals surface area contributed by atoms with Crippen molar-refractivity contribution < 1.29 is 4.74 Å². The molecule has 102 valence electrons. The molecule has 2 rings (SSSR count). The summed E-state index contributed by atoms with van der Waals surface area (Å²) >= 11 is 10.1. The summed E-state index contributed by atoms with van der Waals surface area (Å²) in [7, 11) is 0. The van der Waals surface area contributed by atoms with Crippen molar-refractivity contribution in [1.29, 1.82) is 0 Å². The Morgan fingerprint density at radius 1 is 1.50 bits per heavy atom. The van der Waals surface area contributed by atoms with Gasteiger partial charge in [0.05, 0.1) is 22.5 Å². The van der Waals surface area contributed by atoms with Gasteiger partial charge in [-0.25, -0.2) is 0 Å². The lowest BCUT2D eigenvalue weighted by Gasteiger charge is -2.27. The largest absolute Gasteiger partial charge is 0.381 e. The third-order valence-electron chi connectivity index (χ3n) is 3.53. The van der Waals surface area contributed by atoms with Crippen molar-refractivity contribution in [2.45, 2.75) is 45.0 Å². The van der Waals surface area contributed by atoms with Crippen molar-refractivity contribution in [3.63, 3.8) is 0 Å².